The maximum atomic E-state index is 12.0. The van der Waals surface area contributed by atoms with Crippen molar-refractivity contribution in [3.63, 3.8) is 0 Å². The lowest BCUT2D eigenvalue weighted by Gasteiger charge is -2.07. The lowest BCUT2D eigenvalue weighted by Crippen LogP contribution is -2.05. The minimum Gasteiger partial charge on any atom is -0.294 e. The molecule has 0 aliphatic heterocycles. The number of Topliss-reactive ketones (excluding diaryl/α,β-unsaturated/α-hetero) is 1. The molecule has 0 aliphatic rings. The van der Waals surface area contributed by atoms with Crippen LogP contribution >= 0.6 is 0 Å². The fourth-order valence-corrected chi connectivity index (χ4v) is 1.83. The number of hydrogen-bond donors (Lipinski definition) is 0. The Bertz CT molecular complexity index is 533. The van der Waals surface area contributed by atoms with Gasteiger partial charge in [0.2, 0.25) is 0 Å². The molecular formula is C15H17NO. The number of benzene rings is 1. The van der Waals surface area contributed by atoms with E-state index in [-0.39, 0.29) is 5.78 Å². The van der Waals surface area contributed by atoms with Gasteiger partial charge in [0.05, 0.1) is 5.52 Å². The van der Waals surface area contributed by atoms with Crippen LogP contribution in [0.2, 0.25) is 0 Å². The van der Waals surface area contributed by atoms with Crippen LogP contribution in [-0.4, -0.2) is 10.8 Å². The lowest BCUT2D eigenvalue weighted by atomic mass is 9.97. The molecule has 1 heterocycles. The largest absolute Gasteiger partial charge is 0.294 e. The van der Waals surface area contributed by atoms with Gasteiger partial charge in [0.25, 0.3) is 0 Å². The first-order valence-corrected chi connectivity index (χ1v) is 6.08. The number of pyridine rings is 1. The number of hydrogen-bond acceptors (Lipinski definition) is 2. The van der Waals surface area contributed by atoms with Crippen molar-refractivity contribution in [2.45, 2.75) is 26.7 Å². The standard InChI is InChI=1S/C15H17NO/c1-3-11(2)9-15(17)13-6-7-14-12(10-13)5-4-8-16-14/h4-8,10-11H,3,9H2,1-2H3. The van der Waals surface area contributed by atoms with Crippen molar-refractivity contribution in [2.24, 2.45) is 5.92 Å². The molecule has 2 aromatic rings. The molecule has 0 spiro atoms. The molecule has 0 bridgehead atoms. The Morgan fingerprint density at radius 1 is 1.35 bits per heavy atom. The number of ketones is 1. The zero-order valence-electron chi connectivity index (χ0n) is 10.3. The van der Waals surface area contributed by atoms with E-state index in [4.69, 9.17) is 0 Å². The summed E-state index contributed by atoms with van der Waals surface area (Å²) in [7, 11) is 0. The van der Waals surface area contributed by atoms with Crippen LogP contribution in [0.3, 0.4) is 0 Å². The highest BCUT2D eigenvalue weighted by Crippen LogP contribution is 2.17. The third-order valence-electron chi connectivity index (χ3n) is 3.16. The minimum atomic E-state index is 0.227. The topological polar surface area (TPSA) is 30.0 Å². The van der Waals surface area contributed by atoms with Gasteiger partial charge in [0.1, 0.15) is 0 Å². The summed E-state index contributed by atoms with van der Waals surface area (Å²) in [5.41, 5.74) is 1.73. The van der Waals surface area contributed by atoms with E-state index in [1.54, 1.807) is 6.20 Å². The minimum absolute atomic E-state index is 0.227. The Morgan fingerprint density at radius 3 is 2.94 bits per heavy atom. The molecule has 0 radical (unpaired) electrons. The summed E-state index contributed by atoms with van der Waals surface area (Å²) in [6, 6.07) is 9.61. The van der Waals surface area contributed by atoms with Crippen LogP contribution in [0.4, 0.5) is 0 Å². The molecule has 0 N–H and O–H groups in total. The second-order valence-corrected chi connectivity index (χ2v) is 4.55. The molecule has 0 amide bonds. The molecule has 17 heavy (non-hydrogen) atoms. The van der Waals surface area contributed by atoms with Crippen LogP contribution < -0.4 is 0 Å². The van der Waals surface area contributed by atoms with Crippen molar-refractivity contribution in [3.05, 3.63) is 42.1 Å². The Labute approximate surface area is 102 Å². The van der Waals surface area contributed by atoms with Gasteiger partial charge < -0.3 is 0 Å². The van der Waals surface area contributed by atoms with Gasteiger partial charge in [-0.2, -0.15) is 0 Å². The number of fused-ring (bicyclic) bond motifs is 1. The van der Waals surface area contributed by atoms with Gasteiger partial charge in [-0.1, -0.05) is 26.3 Å². The maximum absolute atomic E-state index is 12.0. The van der Waals surface area contributed by atoms with Crippen molar-refractivity contribution in [2.75, 3.05) is 0 Å². The molecular weight excluding hydrogens is 210 g/mol. The molecule has 1 aromatic carbocycles. The van der Waals surface area contributed by atoms with E-state index in [9.17, 15) is 4.79 Å². The highest BCUT2D eigenvalue weighted by molar-refractivity contribution is 5.99. The van der Waals surface area contributed by atoms with E-state index in [1.807, 2.05) is 30.3 Å². The summed E-state index contributed by atoms with van der Waals surface area (Å²) >= 11 is 0. The zero-order chi connectivity index (χ0) is 12.3. The molecule has 0 saturated carbocycles. The van der Waals surface area contributed by atoms with E-state index in [0.29, 0.717) is 12.3 Å². The first-order chi connectivity index (χ1) is 8.20. The fourth-order valence-electron chi connectivity index (χ4n) is 1.83. The number of aromatic nitrogens is 1. The maximum Gasteiger partial charge on any atom is 0.163 e. The predicted molar refractivity (Wildman–Crippen MR) is 70.1 cm³/mol. The molecule has 1 aromatic heterocycles. The van der Waals surface area contributed by atoms with Crippen LogP contribution in [0.5, 0.6) is 0 Å². The van der Waals surface area contributed by atoms with Gasteiger partial charge >= 0.3 is 0 Å². The summed E-state index contributed by atoms with van der Waals surface area (Å²) in [6.45, 7) is 4.22. The molecule has 0 fully saturated rings. The van der Waals surface area contributed by atoms with Crippen LogP contribution in [0.1, 0.15) is 37.0 Å². The quantitative estimate of drug-likeness (QED) is 0.742. The molecule has 1 unspecified atom stereocenters. The van der Waals surface area contributed by atoms with Gasteiger partial charge in [-0.15, -0.1) is 0 Å². The molecule has 1 atom stereocenters. The average molecular weight is 227 g/mol. The Morgan fingerprint density at radius 2 is 2.18 bits per heavy atom. The summed E-state index contributed by atoms with van der Waals surface area (Å²) < 4.78 is 0. The van der Waals surface area contributed by atoms with Gasteiger partial charge in [-0.25, -0.2) is 0 Å². The zero-order valence-corrected chi connectivity index (χ0v) is 10.3. The third-order valence-corrected chi connectivity index (χ3v) is 3.16. The van der Waals surface area contributed by atoms with Crippen molar-refractivity contribution < 1.29 is 4.79 Å². The Kier molecular flexibility index (Phi) is 3.52. The van der Waals surface area contributed by atoms with E-state index in [0.717, 1.165) is 22.9 Å². The molecule has 2 heteroatoms. The van der Waals surface area contributed by atoms with E-state index < -0.39 is 0 Å². The van der Waals surface area contributed by atoms with Crippen LogP contribution in [-0.2, 0) is 0 Å². The van der Waals surface area contributed by atoms with Crippen molar-refractivity contribution in [1.82, 2.24) is 4.98 Å². The lowest BCUT2D eigenvalue weighted by molar-refractivity contribution is 0.0964. The van der Waals surface area contributed by atoms with Gasteiger partial charge in [-0.3, -0.25) is 9.78 Å². The van der Waals surface area contributed by atoms with Crippen molar-refractivity contribution in [3.8, 4) is 0 Å². The van der Waals surface area contributed by atoms with E-state index >= 15 is 0 Å². The first-order valence-electron chi connectivity index (χ1n) is 6.08. The monoisotopic (exact) mass is 227 g/mol. The van der Waals surface area contributed by atoms with Crippen LogP contribution in [0.15, 0.2) is 36.5 Å². The van der Waals surface area contributed by atoms with Crippen molar-refractivity contribution in [1.29, 1.82) is 0 Å². The summed E-state index contributed by atoms with van der Waals surface area (Å²) in [4.78, 5) is 16.3. The number of rotatable bonds is 4. The predicted octanol–water partition coefficient (Wildman–Crippen LogP) is 3.85. The fraction of sp³-hybridized carbons (Fsp3) is 0.333. The number of carbonyl (C=O) groups excluding carboxylic acids is 1. The summed E-state index contributed by atoms with van der Waals surface area (Å²) in [5.74, 6) is 0.678. The SMILES string of the molecule is CCC(C)CC(=O)c1ccc2ncccc2c1. The van der Waals surface area contributed by atoms with Crippen molar-refractivity contribution >= 4 is 16.7 Å². The molecule has 0 aliphatic carbocycles. The summed E-state index contributed by atoms with van der Waals surface area (Å²) in [6.07, 6.45) is 3.44. The van der Waals surface area contributed by atoms with E-state index in [1.165, 1.54) is 0 Å². The third kappa shape index (κ3) is 2.70. The first kappa shape index (κ1) is 11.8. The van der Waals surface area contributed by atoms with Gasteiger partial charge in [0.15, 0.2) is 5.78 Å². The number of carbonyl (C=O) groups is 1. The average Bonchev–Trinajstić information content (AvgIpc) is 2.38. The smallest absolute Gasteiger partial charge is 0.163 e. The van der Waals surface area contributed by atoms with Crippen LogP contribution in [0, 0.1) is 5.92 Å². The Hall–Kier alpha value is -1.70. The molecule has 2 nitrogen and oxygen atoms in total. The Balaban J connectivity index is 2.27. The normalized spacial score (nSPS) is 12.6. The molecule has 2 rings (SSSR count). The second-order valence-electron chi connectivity index (χ2n) is 4.55. The van der Waals surface area contributed by atoms with Crippen LogP contribution in [0.25, 0.3) is 10.9 Å². The second kappa shape index (κ2) is 5.09. The number of nitrogens with zero attached hydrogens (tertiary/aromatic N) is 1. The molecule has 88 valence electrons. The highest BCUT2D eigenvalue weighted by atomic mass is 16.1. The highest BCUT2D eigenvalue weighted by Gasteiger charge is 2.10. The summed E-state index contributed by atoms with van der Waals surface area (Å²) in [5, 5.41) is 1.03. The van der Waals surface area contributed by atoms with Gasteiger partial charge in [-0.05, 0) is 30.2 Å². The molecule has 0 saturated heterocycles. The van der Waals surface area contributed by atoms with E-state index in [2.05, 4.69) is 18.8 Å². The van der Waals surface area contributed by atoms with Gasteiger partial charge in [0, 0.05) is 23.6 Å².